The number of nitrogens with zero attached hydrogens (tertiary/aromatic N) is 3. The number of carbonyl (C=O) groups excluding carboxylic acids is 1. The van der Waals surface area contributed by atoms with Gasteiger partial charge >= 0.3 is 0 Å². The lowest BCUT2D eigenvalue weighted by atomic mass is 9.99. The number of anilines is 1. The van der Waals surface area contributed by atoms with Crippen LogP contribution in [-0.2, 0) is 13.1 Å². The zero-order valence-corrected chi connectivity index (χ0v) is 18.3. The zero-order chi connectivity index (χ0) is 21.1. The molecule has 0 saturated carbocycles. The number of piperidine rings is 1. The first kappa shape index (κ1) is 20.6. The second kappa shape index (κ2) is 9.00. The van der Waals surface area contributed by atoms with Gasteiger partial charge in [0.15, 0.2) is 0 Å². The SMILES string of the molecule is CCCn1c(CN2CCC(C)CC2)nc2cc(NC(=O)c3ccccc3C)ccc21. The minimum atomic E-state index is -0.0805. The summed E-state index contributed by atoms with van der Waals surface area (Å²) in [6.07, 6.45) is 3.60. The van der Waals surface area contributed by atoms with Crippen LogP contribution < -0.4 is 5.32 Å². The molecule has 1 N–H and O–H groups in total. The number of amides is 1. The lowest BCUT2D eigenvalue weighted by molar-refractivity contribution is 0.102. The van der Waals surface area contributed by atoms with E-state index in [1.807, 2.05) is 43.3 Å². The Hall–Kier alpha value is -2.66. The van der Waals surface area contributed by atoms with Crippen molar-refractivity contribution >= 4 is 22.6 Å². The highest BCUT2D eigenvalue weighted by Gasteiger charge is 2.19. The molecule has 0 bridgehead atoms. The van der Waals surface area contributed by atoms with Crippen LogP contribution in [-0.4, -0.2) is 33.4 Å². The van der Waals surface area contributed by atoms with Gasteiger partial charge in [-0.3, -0.25) is 9.69 Å². The maximum absolute atomic E-state index is 12.7. The molecule has 3 aromatic rings. The third kappa shape index (κ3) is 4.41. The fraction of sp³-hybridized carbons (Fsp3) is 0.440. The third-order valence-corrected chi connectivity index (χ3v) is 6.16. The maximum Gasteiger partial charge on any atom is 0.255 e. The molecule has 1 aromatic heterocycles. The summed E-state index contributed by atoms with van der Waals surface area (Å²) < 4.78 is 2.35. The van der Waals surface area contributed by atoms with Crippen LogP contribution in [0.3, 0.4) is 0 Å². The molecular weight excluding hydrogens is 372 g/mol. The van der Waals surface area contributed by atoms with Gasteiger partial charge < -0.3 is 9.88 Å². The van der Waals surface area contributed by atoms with Crippen LogP contribution in [0, 0.1) is 12.8 Å². The fourth-order valence-corrected chi connectivity index (χ4v) is 4.30. The molecule has 4 rings (SSSR count). The number of likely N-dealkylation sites (tertiary alicyclic amines) is 1. The first-order valence-corrected chi connectivity index (χ1v) is 11.1. The summed E-state index contributed by atoms with van der Waals surface area (Å²) in [6, 6.07) is 13.7. The molecule has 2 heterocycles. The van der Waals surface area contributed by atoms with E-state index in [1.54, 1.807) is 0 Å². The molecule has 1 fully saturated rings. The Morgan fingerprint density at radius 1 is 1.17 bits per heavy atom. The monoisotopic (exact) mass is 404 g/mol. The van der Waals surface area contributed by atoms with Crippen LogP contribution in [0.15, 0.2) is 42.5 Å². The standard InChI is InChI=1S/C25H32N4O/c1-4-13-29-23-10-9-20(26-25(30)21-8-6-5-7-19(21)3)16-22(23)27-24(29)17-28-14-11-18(2)12-15-28/h5-10,16,18H,4,11-15,17H2,1-3H3,(H,26,30). The normalized spacial score (nSPS) is 15.6. The van der Waals surface area contributed by atoms with Gasteiger partial charge in [-0.1, -0.05) is 32.0 Å². The van der Waals surface area contributed by atoms with Crippen molar-refractivity contribution in [2.24, 2.45) is 5.92 Å². The summed E-state index contributed by atoms with van der Waals surface area (Å²) in [7, 11) is 0. The van der Waals surface area contributed by atoms with Crippen molar-refractivity contribution in [2.75, 3.05) is 18.4 Å². The van der Waals surface area contributed by atoms with E-state index < -0.39 is 0 Å². The molecule has 30 heavy (non-hydrogen) atoms. The van der Waals surface area contributed by atoms with E-state index in [9.17, 15) is 4.79 Å². The number of aromatic nitrogens is 2. The Kier molecular flexibility index (Phi) is 6.18. The molecule has 2 aromatic carbocycles. The van der Waals surface area contributed by atoms with E-state index >= 15 is 0 Å². The summed E-state index contributed by atoms with van der Waals surface area (Å²) in [4.78, 5) is 20.2. The molecule has 5 heteroatoms. The van der Waals surface area contributed by atoms with Gasteiger partial charge in [0.2, 0.25) is 0 Å². The number of benzene rings is 2. The molecule has 1 saturated heterocycles. The van der Waals surface area contributed by atoms with Crippen molar-refractivity contribution < 1.29 is 4.79 Å². The zero-order valence-electron chi connectivity index (χ0n) is 18.3. The molecule has 0 unspecified atom stereocenters. The van der Waals surface area contributed by atoms with Gasteiger partial charge in [0, 0.05) is 17.8 Å². The van der Waals surface area contributed by atoms with Gasteiger partial charge in [0.05, 0.1) is 17.6 Å². The molecule has 158 valence electrons. The molecular formula is C25H32N4O. The number of aryl methyl sites for hydroxylation is 2. The molecule has 0 aliphatic carbocycles. The topological polar surface area (TPSA) is 50.2 Å². The number of carbonyl (C=O) groups is 1. The van der Waals surface area contributed by atoms with Gasteiger partial charge in [-0.15, -0.1) is 0 Å². The second-order valence-electron chi connectivity index (χ2n) is 8.61. The molecule has 5 nitrogen and oxygen atoms in total. The Labute approximate surface area is 179 Å². The Bertz CT molecular complexity index is 1030. The summed E-state index contributed by atoms with van der Waals surface area (Å²) in [5, 5.41) is 3.04. The Balaban J connectivity index is 1.57. The number of rotatable bonds is 6. The van der Waals surface area contributed by atoms with E-state index in [0.29, 0.717) is 5.56 Å². The average molecular weight is 405 g/mol. The number of nitrogens with one attached hydrogen (secondary N) is 1. The van der Waals surface area contributed by atoms with E-state index in [-0.39, 0.29) is 5.91 Å². The van der Waals surface area contributed by atoms with Crippen LogP contribution in [0.4, 0.5) is 5.69 Å². The highest BCUT2D eigenvalue weighted by atomic mass is 16.1. The van der Waals surface area contributed by atoms with Crippen molar-refractivity contribution in [1.82, 2.24) is 14.5 Å². The van der Waals surface area contributed by atoms with Crippen molar-refractivity contribution in [3.63, 3.8) is 0 Å². The summed E-state index contributed by atoms with van der Waals surface area (Å²) in [5.74, 6) is 1.88. The summed E-state index contributed by atoms with van der Waals surface area (Å²) in [6.45, 7) is 10.7. The van der Waals surface area contributed by atoms with Crippen LogP contribution >= 0.6 is 0 Å². The number of hydrogen-bond donors (Lipinski definition) is 1. The Morgan fingerprint density at radius 3 is 2.67 bits per heavy atom. The van der Waals surface area contributed by atoms with Crippen LogP contribution in [0.1, 0.15) is 54.9 Å². The van der Waals surface area contributed by atoms with E-state index in [2.05, 4.69) is 34.7 Å². The van der Waals surface area contributed by atoms with Crippen molar-refractivity contribution in [3.05, 3.63) is 59.4 Å². The number of hydrogen-bond acceptors (Lipinski definition) is 3. The summed E-state index contributed by atoms with van der Waals surface area (Å²) >= 11 is 0. The highest BCUT2D eigenvalue weighted by molar-refractivity contribution is 6.05. The third-order valence-electron chi connectivity index (χ3n) is 6.16. The highest BCUT2D eigenvalue weighted by Crippen LogP contribution is 2.24. The van der Waals surface area contributed by atoms with Gasteiger partial charge in [-0.2, -0.15) is 0 Å². The van der Waals surface area contributed by atoms with Crippen molar-refractivity contribution in [3.8, 4) is 0 Å². The largest absolute Gasteiger partial charge is 0.327 e. The van der Waals surface area contributed by atoms with Gasteiger partial charge in [0.25, 0.3) is 5.91 Å². The smallest absolute Gasteiger partial charge is 0.255 e. The first-order valence-electron chi connectivity index (χ1n) is 11.1. The lowest BCUT2D eigenvalue weighted by Gasteiger charge is -2.29. The van der Waals surface area contributed by atoms with E-state index in [1.165, 1.54) is 12.8 Å². The van der Waals surface area contributed by atoms with E-state index in [0.717, 1.165) is 66.6 Å². The van der Waals surface area contributed by atoms with Crippen LogP contribution in [0.2, 0.25) is 0 Å². The predicted octanol–water partition coefficient (Wildman–Crippen LogP) is 5.24. The second-order valence-corrected chi connectivity index (χ2v) is 8.61. The van der Waals surface area contributed by atoms with Crippen LogP contribution in [0.25, 0.3) is 11.0 Å². The fourth-order valence-electron chi connectivity index (χ4n) is 4.30. The number of imidazole rings is 1. The molecule has 1 aliphatic rings. The van der Waals surface area contributed by atoms with Crippen molar-refractivity contribution in [1.29, 1.82) is 0 Å². The van der Waals surface area contributed by atoms with Crippen molar-refractivity contribution in [2.45, 2.75) is 53.1 Å². The van der Waals surface area contributed by atoms with Gasteiger partial charge in [-0.05, 0) is 75.0 Å². The molecule has 0 atom stereocenters. The van der Waals surface area contributed by atoms with Crippen LogP contribution in [0.5, 0.6) is 0 Å². The molecule has 0 spiro atoms. The molecule has 0 radical (unpaired) electrons. The average Bonchev–Trinajstić information content (AvgIpc) is 3.06. The predicted molar refractivity (Wildman–Crippen MR) is 123 cm³/mol. The minimum Gasteiger partial charge on any atom is -0.327 e. The lowest BCUT2D eigenvalue weighted by Crippen LogP contribution is -2.33. The summed E-state index contributed by atoms with van der Waals surface area (Å²) in [5.41, 5.74) is 4.56. The minimum absolute atomic E-state index is 0.0805. The number of fused-ring (bicyclic) bond motifs is 1. The Morgan fingerprint density at radius 2 is 1.93 bits per heavy atom. The van der Waals surface area contributed by atoms with Gasteiger partial charge in [-0.25, -0.2) is 4.98 Å². The maximum atomic E-state index is 12.7. The molecule has 1 aliphatic heterocycles. The molecule has 1 amide bonds. The quantitative estimate of drug-likeness (QED) is 0.611. The first-order chi connectivity index (χ1) is 14.5. The van der Waals surface area contributed by atoms with E-state index in [4.69, 9.17) is 4.98 Å². The van der Waals surface area contributed by atoms with Gasteiger partial charge in [0.1, 0.15) is 5.82 Å².